The maximum Gasteiger partial charge on any atom is 0.343 e. The Bertz CT molecular complexity index is 1310. The van der Waals surface area contributed by atoms with Gasteiger partial charge in [-0.1, -0.05) is 48.0 Å². The third-order valence-electron chi connectivity index (χ3n) is 5.43. The standard InChI is InChI=1S/C25H25N3O4S/c1-17-8-10-20(11-9-17)15-26-24(29)16-27-22-6-4-5-7-23(22)33(31,32)28(25(27)30)21-13-18(2)12-19(3)14-21/h4-14H,15-16H2,1-3H3,(H,26,29). The van der Waals surface area contributed by atoms with Crippen molar-refractivity contribution in [1.82, 2.24) is 5.32 Å². The average Bonchev–Trinajstić information content (AvgIpc) is 2.75. The first-order valence-corrected chi connectivity index (χ1v) is 12.0. The largest absolute Gasteiger partial charge is 0.350 e. The van der Waals surface area contributed by atoms with Gasteiger partial charge in [0, 0.05) is 6.54 Å². The van der Waals surface area contributed by atoms with Gasteiger partial charge in [-0.2, -0.15) is 4.31 Å². The van der Waals surface area contributed by atoms with Gasteiger partial charge in [-0.05, 0) is 61.7 Å². The predicted octanol–water partition coefficient (Wildman–Crippen LogP) is 4.06. The molecule has 0 atom stereocenters. The van der Waals surface area contributed by atoms with E-state index in [1.165, 1.54) is 17.0 Å². The van der Waals surface area contributed by atoms with Crippen LogP contribution in [-0.4, -0.2) is 26.9 Å². The van der Waals surface area contributed by atoms with Gasteiger partial charge in [0.05, 0.1) is 11.4 Å². The molecule has 0 radical (unpaired) electrons. The third-order valence-corrected chi connectivity index (χ3v) is 7.18. The van der Waals surface area contributed by atoms with E-state index in [2.05, 4.69) is 5.32 Å². The topological polar surface area (TPSA) is 86.8 Å². The van der Waals surface area contributed by atoms with Gasteiger partial charge in [-0.25, -0.2) is 13.2 Å². The molecule has 3 aromatic carbocycles. The summed E-state index contributed by atoms with van der Waals surface area (Å²) in [7, 11) is -4.14. The zero-order valence-electron chi connectivity index (χ0n) is 18.7. The van der Waals surface area contributed by atoms with E-state index in [9.17, 15) is 18.0 Å². The van der Waals surface area contributed by atoms with Crippen LogP contribution in [0.2, 0.25) is 0 Å². The summed E-state index contributed by atoms with van der Waals surface area (Å²) >= 11 is 0. The van der Waals surface area contributed by atoms with Gasteiger partial charge in [0.1, 0.15) is 11.4 Å². The molecule has 0 aliphatic carbocycles. The van der Waals surface area contributed by atoms with Crippen molar-refractivity contribution in [3.63, 3.8) is 0 Å². The molecule has 1 heterocycles. The zero-order chi connectivity index (χ0) is 23.8. The van der Waals surface area contributed by atoms with Crippen LogP contribution in [0.25, 0.3) is 0 Å². The molecule has 1 N–H and O–H groups in total. The van der Waals surface area contributed by atoms with E-state index in [0.29, 0.717) is 6.54 Å². The molecular weight excluding hydrogens is 438 g/mol. The number of amides is 3. The molecule has 7 nitrogen and oxygen atoms in total. The van der Waals surface area contributed by atoms with Crippen molar-refractivity contribution < 1.29 is 18.0 Å². The molecule has 0 unspecified atom stereocenters. The van der Waals surface area contributed by atoms with Crippen molar-refractivity contribution in [1.29, 1.82) is 0 Å². The van der Waals surface area contributed by atoms with Crippen molar-refractivity contribution in [2.45, 2.75) is 32.2 Å². The number of anilines is 2. The quantitative estimate of drug-likeness (QED) is 0.618. The lowest BCUT2D eigenvalue weighted by molar-refractivity contribution is -0.119. The van der Waals surface area contributed by atoms with Crippen LogP contribution in [-0.2, 0) is 21.4 Å². The number of hydrogen-bond acceptors (Lipinski definition) is 4. The minimum atomic E-state index is -4.14. The number of fused-ring (bicyclic) bond motifs is 1. The summed E-state index contributed by atoms with van der Waals surface area (Å²) in [5, 5.41) is 2.81. The molecule has 3 aromatic rings. The summed E-state index contributed by atoms with van der Waals surface area (Å²) in [5.74, 6) is -0.390. The molecule has 1 aliphatic heterocycles. The van der Waals surface area contributed by atoms with Crippen LogP contribution in [0.3, 0.4) is 0 Å². The van der Waals surface area contributed by atoms with Crippen molar-refractivity contribution in [3.8, 4) is 0 Å². The summed E-state index contributed by atoms with van der Waals surface area (Å²) in [4.78, 5) is 27.4. The minimum absolute atomic E-state index is 0.0184. The molecule has 170 valence electrons. The Kier molecular flexibility index (Phi) is 5.95. The average molecular weight is 464 g/mol. The number of aryl methyl sites for hydroxylation is 3. The molecule has 33 heavy (non-hydrogen) atoms. The fourth-order valence-electron chi connectivity index (χ4n) is 3.89. The molecular formula is C25H25N3O4S. The lowest BCUT2D eigenvalue weighted by Gasteiger charge is -2.36. The van der Waals surface area contributed by atoms with Gasteiger partial charge in [-0.15, -0.1) is 0 Å². The molecule has 4 rings (SSSR count). The molecule has 3 amide bonds. The summed E-state index contributed by atoms with van der Waals surface area (Å²) < 4.78 is 27.6. The highest BCUT2D eigenvalue weighted by Gasteiger charge is 2.43. The first-order valence-electron chi connectivity index (χ1n) is 10.5. The lowest BCUT2D eigenvalue weighted by Crippen LogP contribution is -2.53. The van der Waals surface area contributed by atoms with E-state index >= 15 is 0 Å². The van der Waals surface area contributed by atoms with E-state index < -0.39 is 22.0 Å². The number of urea groups is 1. The highest BCUT2D eigenvalue weighted by molar-refractivity contribution is 7.94. The predicted molar refractivity (Wildman–Crippen MR) is 128 cm³/mol. The molecule has 0 spiro atoms. The number of benzene rings is 3. The second-order valence-corrected chi connectivity index (χ2v) is 9.97. The number of hydrogen-bond donors (Lipinski definition) is 1. The Labute approximate surface area is 193 Å². The van der Waals surface area contributed by atoms with E-state index in [4.69, 9.17) is 0 Å². The van der Waals surface area contributed by atoms with E-state index in [1.54, 1.807) is 24.3 Å². The van der Waals surface area contributed by atoms with Crippen molar-refractivity contribution in [2.24, 2.45) is 0 Å². The Morgan fingerprint density at radius 1 is 0.879 bits per heavy atom. The molecule has 0 saturated carbocycles. The van der Waals surface area contributed by atoms with Crippen LogP contribution < -0.4 is 14.5 Å². The number of carbonyl (C=O) groups excluding carboxylic acids is 2. The number of rotatable bonds is 5. The fraction of sp³-hybridized carbons (Fsp3) is 0.200. The normalized spacial score (nSPS) is 14.7. The van der Waals surface area contributed by atoms with Gasteiger partial charge in [-0.3, -0.25) is 9.69 Å². The van der Waals surface area contributed by atoms with Crippen LogP contribution in [0.1, 0.15) is 22.3 Å². The highest BCUT2D eigenvalue weighted by Crippen LogP contribution is 2.37. The first-order chi connectivity index (χ1) is 15.7. The van der Waals surface area contributed by atoms with Crippen LogP contribution in [0, 0.1) is 20.8 Å². The second kappa shape index (κ2) is 8.71. The summed E-state index contributed by atoms with van der Waals surface area (Å²) in [6.07, 6.45) is 0. The highest BCUT2D eigenvalue weighted by atomic mass is 32.2. The van der Waals surface area contributed by atoms with Gasteiger partial charge in [0.25, 0.3) is 10.0 Å². The smallest absolute Gasteiger partial charge is 0.343 e. The molecule has 0 fully saturated rings. The zero-order valence-corrected chi connectivity index (χ0v) is 19.5. The molecule has 8 heteroatoms. The maximum absolute atomic E-state index is 13.5. The molecule has 0 bridgehead atoms. The first kappa shape index (κ1) is 22.5. The van der Waals surface area contributed by atoms with Crippen LogP contribution in [0.5, 0.6) is 0 Å². The lowest BCUT2D eigenvalue weighted by atomic mass is 10.1. The summed E-state index contributed by atoms with van der Waals surface area (Å²) in [6.45, 7) is 5.65. The Hall–Kier alpha value is -3.65. The Morgan fingerprint density at radius 3 is 2.18 bits per heavy atom. The van der Waals surface area contributed by atoms with Crippen LogP contribution in [0.15, 0.2) is 71.6 Å². The fourth-order valence-corrected chi connectivity index (χ4v) is 5.46. The number of sulfonamides is 1. The van der Waals surface area contributed by atoms with Crippen LogP contribution in [0.4, 0.5) is 16.2 Å². The van der Waals surface area contributed by atoms with Crippen molar-refractivity contribution in [2.75, 3.05) is 15.7 Å². The van der Waals surface area contributed by atoms with Gasteiger partial charge in [0.15, 0.2) is 0 Å². The van der Waals surface area contributed by atoms with Gasteiger partial charge < -0.3 is 5.32 Å². The Balaban J connectivity index is 1.66. The summed E-state index contributed by atoms with van der Waals surface area (Å²) in [5.41, 5.74) is 4.14. The Morgan fingerprint density at radius 2 is 1.52 bits per heavy atom. The summed E-state index contributed by atoms with van der Waals surface area (Å²) in [6, 6.07) is 18.4. The minimum Gasteiger partial charge on any atom is -0.350 e. The maximum atomic E-state index is 13.5. The number of para-hydroxylation sites is 1. The van der Waals surface area contributed by atoms with Crippen molar-refractivity contribution in [3.05, 3.63) is 89.0 Å². The van der Waals surface area contributed by atoms with E-state index in [-0.39, 0.29) is 22.8 Å². The number of carbonyl (C=O) groups is 2. The SMILES string of the molecule is Cc1ccc(CNC(=O)CN2C(=O)N(c3cc(C)cc(C)c3)S(=O)(=O)c3ccccc32)cc1. The van der Waals surface area contributed by atoms with Crippen molar-refractivity contribution >= 4 is 33.3 Å². The molecule has 0 aromatic heterocycles. The van der Waals surface area contributed by atoms with Crippen LogP contribution >= 0.6 is 0 Å². The molecule has 1 aliphatic rings. The number of nitrogens with one attached hydrogen (secondary N) is 1. The molecule has 0 saturated heterocycles. The third kappa shape index (κ3) is 4.47. The van der Waals surface area contributed by atoms with Gasteiger partial charge in [0.2, 0.25) is 5.91 Å². The monoisotopic (exact) mass is 463 g/mol. The number of nitrogens with zero attached hydrogens (tertiary/aromatic N) is 2. The van der Waals surface area contributed by atoms with E-state index in [1.807, 2.05) is 51.1 Å². The van der Waals surface area contributed by atoms with E-state index in [0.717, 1.165) is 26.6 Å². The second-order valence-electron chi connectivity index (χ2n) is 8.21. The van der Waals surface area contributed by atoms with Gasteiger partial charge >= 0.3 is 6.03 Å².